The first kappa shape index (κ1) is 15.5. The van der Waals surface area contributed by atoms with Crippen molar-refractivity contribution >= 4 is 15.9 Å². The third-order valence-electron chi connectivity index (χ3n) is 2.84. The zero-order valence-corrected chi connectivity index (χ0v) is 12.6. The Morgan fingerprint density at radius 1 is 1.28 bits per heavy atom. The molecule has 0 amide bonds. The molecule has 1 rings (SSSR count). The first-order chi connectivity index (χ1) is 8.63. The summed E-state index contributed by atoms with van der Waals surface area (Å²) in [7, 11) is 0. The molecule has 1 unspecified atom stereocenters. The smallest absolute Gasteiger partial charge is 0.119 e. The molecule has 0 aliphatic carbocycles. The molecule has 0 aliphatic rings. The summed E-state index contributed by atoms with van der Waals surface area (Å²) in [6, 6.07) is 8.16. The van der Waals surface area contributed by atoms with Gasteiger partial charge in [-0.05, 0) is 36.6 Å². The van der Waals surface area contributed by atoms with E-state index < -0.39 is 0 Å². The normalized spacial score (nSPS) is 12.7. The Balaban J connectivity index is 2.23. The lowest BCUT2D eigenvalue weighted by atomic mass is 10.0. The number of hydrogen-bond donors (Lipinski definition) is 2. The lowest BCUT2D eigenvalue weighted by Crippen LogP contribution is -2.37. The first-order valence-corrected chi connectivity index (χ1v) is 7.15. The second-order valence-electron chi connectivity index (χ2n) is 4.62. The Morgan fingerprint density at radius 2 is 1.94 bits per heavy atom. The fourth-order valence-electron chi connectivity index (χ4n) is 1.75. The lowest BCUT2D eigenvalue weighted by molar-refractivity contribution is 0.234. The van der Waals surface area contributed by atoms with Crippen LogP contribution >= 0.6 is 15.9 Å². The molecule has 1 atom stereocenters. The largest absolute Gasteiger partial charge is 0.492 e. The van der Waals surface area contributed by atoms with Crippen LogP contribution in [0.4, 0.5) is 0 Å². The number of ether oxygens (including phenoxy) is 1. The summed E-state index contributed by atoms with van der Waals surface area (Å²) in [4.78, 5) is 0. The van der Waals surface area contributed by atoms with Crippen LogP contribution in [0.5, 0.6) is 5.75 Å². The van der Waals surface area contributed by atoms with E-state index in [-0.39, 0.29) is 6.61 Å². The number of benzene rings is 1. The zero-order chi connectivity index (χ0) is 13.4. The van der Waals surface area contributed by atoms with Crippen LogP contribution in [0.1, 0.15) is 20.3 Å². The number of hydrogen-bond acceptors (Lipinski definition) is 3. The van der Waals surface area contributed by atoms with Gasteiger partial charge in [0.05, 0.1) is 0 Å². The van der Waals surface area contributed by atoms with Crippen molar-refractivity contribution in [3.05, 3.63) is 28.7 Å². The van der Waals surface area contributed by atoms with E-state index in [1.165, 1.54) is 0 Å². The van der Waals surface area contributed by atoms with Gasteiger partial charge in [0.15, 0.2) is 0 Å². The zero-order valence-electron chi connectivity index (χ0n) is 11.0. The molecule has 0 radical (unpaired) electrons. The third kappa shape index (κ3) is 5.85. The Labute approximate surface area is 118 Å². The summed E-state index contributed by atoms with van der Waals surface area (Å²) in [5.74, 6) is 1.40. The number of nitrogens with one attached hydrogen (secondary N) is 1. The molecule has 2 N–H and O–H groups in total. The molecule has 0 saturated carbocycles. The summed E-state index contributed by atoms with van der Waals surface area (Å²) in [6.07, 6.45) is 0.788. The second-order valence-corrected chi connectivity index (χ2v) is 5.53. The van der Waals surface area contributed by atoms with Crippen molar-refractivity contribution in [2.24, 2.45) is 5.92 Å². The standard InChI is InChI=1S/C14H22BrNO2/c1-11(2)14(7-9-17)16-8-10-18-13-5-3-12(15)4-6-13/h3-6,11,14,16-17H,7-10H2,1-2H3. The van der Waals surface area contributed by atoms with Gasteiger partial charge in [-0.3, -0.25) is 0 Å². The minimum Gasteiger partial charge on any atom is -0.492 e. The average Bonchev–Trinajstić information content (AvgIpc) is 2.35. The van der Waals surface area contributed by atoms with Crippen LogP contribution in [-0.4, -0.2) is 30.9 Å². The van der Waals surface area contributed by atoms with Crippen molar-refractivity contribution in [3.63, 3.8) is 0 Å². The summed E-state index contributed by atoms with van der Waals surface area (Å²) >= 11 is 3.39. The molecular formula is C14H22BrNO2. The molecule has 0 aromatic heterocycles. The van der Waals surface area contributed by atoms with Gasteiger partial charge in [0, 0.05) is 23.7 Å². The minimum absolute atomic E-state index is 0.226. The summed E-state index contributed by atoms with van der Waals surface area (Å²) in [6.45, 7) is 5.96. The molecule has 0 heterocycles. The van der Waals surface area contributed by atoms with E-state index in [0.717, 1.165) is 23.2 Å². The van der Waals surface area contributed by atoms with Crippen molar-refractivity contribution in [2.45, 2.75) is 26.3 Å². The topological polar surface area (TPSA) is 41.5 Å². The Kier molecular flexibility index (Phi) is 7.32. The number of rotatable bonds is 8. The predicted molar refractivity (Wildman–Crippen MR) is 78.0 cm³/mol. The van der Waals surface area contributed by atoms with Gasteiger partial charge in [0.25, 0.3) is 0 Å². The highest BCUT2D eigenvalue weighted by Gasteiger charge is 2.11. The maximum Gasteiger partial charge on any atom is 0.119 e. The highest BCUT2D eigenvalue weighted by atomic mass is 79.9. The number of halogens is 1. The average molecular weight is 316 g/mol. The SMILES string of the molecule is CC(C)C(CCO)NCCOc1ccc(Br)cc1. The molecular weight excluding hydrogens is 294 g/mol. The van der Waals surface area contributed by atoms with E-state index in [0.29, 0.717) is 18.6 Å². The highest BCUT2D eigenvalue weighted by Crippen LogP contribution is 2.15. The molecule has 1 aromatic rings. The van der Waals surface area contributed by atoms with Crippen LogP contribution in [0.2, 0.25) is 0 Å². The predicted octanol–water partition coefficient (Wildman–Crippen LogP) is 2.82. The molecule has 102 valence electrons. The quantitative estimate of drug-likeness (QED) is 0.725. The monoisotopic (exact) mass is 315 g/mol. The Hall–Kier alpha value is -0.580. The number of aliphatic hydroxyl groups excluding tert-OH is 1. The van der Waals surface area contributed by atoms with Crippen LogP contribution in [-0.2, 0) is 0 Å². The van der Waals surface area contributed by atoms with Crippen molar-refractivity contribution in [1.29, 1.82) is 0 Å². The summed E-state index contributed by atoms with van der Waals surface area (Å²) < 4.78 is 6.68. The fraction of sp³-hybridized carbons (Fsp3) is 0.571. The van der Waals surface area contributed by atoms with Crippen molar-refractivity contribution in [2.75, 3.05) is 19.8 Å². The molecule has 0 spiro atoms. The third-order valence-corrected chi connectivity index (χ3v) is 3.36. The van der Waals surface area contributed by atoms with E-state index in [2.05, 4.69) is 35.1 Å². The molecule has 3 nitrogen and oxygen atoms in total. The first-order valence-electron chi connectivity index (χ1n) is 6.36. The van der Waals surface area contributed by atoms with Gasteiger partial charge < -0.3 is 15.2 Å². The minimum atomic E-state index is 0.226. The molecule has 0 saturated heterocycles. The van der Waals surface area contributed by atoms with Crippen molar-refractivity contribution in [1.82, 2.24) is 5.32 Å². The Morgan fingerprint density at radius 3 is 2.50 bits per heavy atom. The lowest BCUT2D eigenvalue weighted by Gasteiger charge is -2.21. The van der Waals surface area contributed by atoms with Gasteiger partial charge in [-0.25, -0.2) is 0 Å². The van der Waals surface area contributed by atoms with Gasteiger partial charge in [-0.15, -0.1) is 0 Å². The van der Waals surface area contributed by atoms with Crippen LogP contribution in [0.25, 0.3) is 0 Å². The highest BCUT2D eigenvalue weighted by molar-refractivity contribution is 9.10. The van der Waals surface area contributed by atoms with Gasteiger partial charge in [0.1, 0.15) is 12.4 Å². The maximum atomic E-state index is 8.97. The van der Waals surface area contributed by atoms with Gasteiger partial charge in [-0.2, -0.15) is 0 Å². The van der Waals surface area contributed by atoms with Gasteiger partial charge in [0.2, 0.25) is 0 Å². The molecule has 0 bridgehead atoms. The van der Waals surface area contributed by atoms with E-state index in [4.69, 9.17) is 9.84 Å². The van der Waals surface area contributed by atoms with Crippen molar-refractivity contribution in [3.8, 4) is 5.75 Å². The van der Waals surface area contributed by atoms with Crippen LogP contribution in [0.3, 0.4) is 0 Å². The fourth-order valence-corrected chi connectivity index (χ4v) is 2.02. The van der Waals surface area contributed by atoms with Crippen LogP contribution < -0.4 is 10.1 Å². The van der Waals surface area contributed by atoms with Gasteiger partial charge in [-0.1, -0.05) is 29.8 Å². The van der Waals surface area contributed by atoms with E-state index in [1.54, 1.807) is 0 Å². The van der Waals surface area contributed by atoms with Crippen LogP contribution in [0, 0.1) is 5.92 Å². The maximum absolute atomic E-state index is 8.97. The van der Waals surface area contributed by atoms with E-state index in [9.17, 15) is 0 Å². The van der Waals surface area contributed by atoms with Crippen LogP contribution in [0.15, 0.2) is 28.7 Å². The molecule has 0 fully saturated rings. The van der Waals surface area contributed by atoms with Gasteiger partial charge >= 0.3 is 0 Å². The molecule has 4 heteroatoms. The summed E-state index contributed by atoms with van der Waals surface area (Å²) in [5, 5.41) is 12.4. The van der Waals surface area contributed by atoms with E-state index >= 15 is 0 Å². The summed E-state index contributed by atoms with van der Waals surface area (Å²) in [5.41, 5.74) is 0. The van der Waals surface area contributed by atoms with E-state index in [1.807, 2.05) is 24.3 Å². The molecule has 1 aromatic carbocycles. The molecule has 18 heavy (non-hydrogen) atoms. The van der Waals surface area contributed by atoms with Crippen molar-refractivity contribution < 1.29 is 9.84 Å². The molecule has 0 aliphatic heterocycles. The number of aliphatic hydroxyl groups is 1. The second kappa shape index (κ2) is 8.51. The Bertz CT molecular complexity index is 327.